The number of nitrogens with one attached hydrogen (secondary N) is 1. The van der Waals surface area contributed by atoms with Crippen LogP contribution in [0.4, 0.5) is 0 Å². The summed E-state index contributed by atoms with van der Waals surface area (Å²) in [5.74, 6) is 1.70. The molecular formula is C24H33ClN2O2. The summed E-state index contributed by atoms with van der Waals surface area (Å²) in [5.41, 5.74) is 5.78. The number of hydrogen-bond donors (Lipinski definition) is 1. The summed E-state index contributed by atoms with van der Waals surface area (Å²) in [7, 11) is 1.90. The van der Waals surface area contributed by atoms with Gasteiger partial charge in [0.2, 0.25) is 5.91 Å². The fourth-order valence-corrected chi connectivity index (χ4v) is 3.88. The summed E-state index contributed by atoms with van der Waals surface area (Å²) in [6, 6.07) is 12.7. The van der Waals surface area contributed by atoms with Gasteiger partial charge in [0, 0.05) is 19.5 Å². The van der Waals surface area contributed by atoms with Crippen molar-refractivity contribution >= 4 is 18.3 Å². The first kappa shape index (κ1) is 23.2. The van der Waals surface area contributed by atoms with Gasteiger partial charge in [0.1, 0.15) is 12.4 Å². The molecule has 2 aromatic rings. The van der Waals surface area contributed by atoms with Crippen LogP contribution in [0.5, 0.6) is 5.75 Å². The Hall–Kier alpha value is -2.04. The standard InChI is InChI=1S/C24H32N2O2.ClH/c1-16-7-6-8-20(9-16)15-28-23-17(2)10-21(11-18(23)3)14-26(5)24(27)19(4)22-12-25-13-22;/h6-11,19,22,25H,12-15H2,1-5H3;1H. The van der Waals surface area contributed by atoms with Crippen molar-refractivity contribution in [2.24, 2.45) is 11.8 Å². The summed E-state index contributed by atoms with van der Waals surface area (Å²) < 4.78 is 6.12. The fraction of sp³-hybridized carbons (Fsp3) is 0.458. The van der Waals surface area contributed by atoms with Crippen LogP contribution in [0.3, 0.4) is 0 Å². The summed E-state index contributed by atoms with van der Waals surface area (Å²) >= 11 is 0. The lowest BCUT2D eigenvalue weighted by atomic mass is 9.88. The highest BCUT2D eigenvalue weighted by molar-refractivity contribution is 5.85. The molecule has 1 fully saturated rings. The lowest BCUT2D eigenvalue weighted by Crippen LogP contribution is -2.49. The largest absolute Gasteiger partial charge is 0.488 e. The van der Waals surface area contributed by atoms with E-state index in [0.717, 1.165) is 35.5 Å². The van der Waals surface area contributed by atoms with E-state index < -0.39 is 0 Å². The molecule has 1 atom stereocenters. The third kappa shape index (κ3) is 5.74. The van der Waals surface area contributed by atoms with Gasteiger partial charge in [-0.25, -0.2) is 0 Å². The summed E-state index contributed by atoms with van der Waals surface area (Å²) in [4.78, 5) is 14.5. The second-order valence-electron chi connectivity index (χ2n) is 8.24. The second kappa shape index (κ2) is 10.1. The average Bonchev–Trinajstić information content (AvgIpc) is 2.58. The molecule has 1 unspecified atom stereocenters. The number of nitrogens with zero attached hydrogens (tertiary/aromatic N) is 1. The number of ether oxygens (including phenoxy) is 1. The summed E-state index contributed by atoms with van der Waals surface area (Å²) in [6.45, 7) is 11.4. The molecule has 1 aliphatic heterocycles. The molecule has 0 aromatic heterocycles. The lowest BCUT2D eigenvalue weighted by molar-refractivity contribution is -0.136. The SMILES string of the molecule is Cc1cccc(COc2c(C)cc(CN(C)C(=O)C(C)C3CNC3)cc2C)c1.Cl. The van der Waals surface area contributed by atoms with Crippen molar-refractivity contribution in [3.63, 3.8) is 0 Å². The van der Waals surface area contributed by atoms with Crippen molar-refractivity contribution in [1.29, 1.82) is 0 Å². The van der Waals surface area contributed by atoms with Gasteiger partial charge < -0.3 is 15.0 Å². The predicted octanol–water partition coefficient (Wildman–Crippen LogP) is 4.43. The summed E-state index contributed by atoms with van der Waals surface area (Å²) in [6.07, 6.45) is 0. The number of hydrogen-bond acceptors (Lipinski definition) is 3. The molecular weight excluding hydrogens is 384 g/mol. The quantitative estimate of drug-likeness (QED) is 0.726. The molecule has 29 heavy (non-hydrogen) atoms. The van der Waals surface area contributed by atoms with E-state index in [2.05, 4.69) is 62.5 Å². The molecule has 0 spiro atoms. The zero-order valence-electron chi connectivity index (χ0n) is 18.1. The normalized spacial score (nSPS) is 14.5. The van der Waals surface area contributed by atoms with E-state index >= 15 is 0 Å². The van der Waals surface area contributed by atoms with Crippen molar-refractivity contribution in [2.75, 3.05) is 20.1 Å². The monoisotopic (exact) mass is 416 g/mol. The highest BCUT2D eigenvalue weighted by Gasteiger charge is 2.30. The van der Waals surface area contributed by atoms with E-state index in [4.69, 9.17) is 4.74 Å². The number of rotatable bonds is 7. The van der Waals surface area contributed by atoms with E-state index in [-0.39, 0.29) is 24.2 Å². The van der Waals surface area contributed by atoms with Gasteiger partial charge >= 0.3 is 0 Å². The molecule has 1 aliphatic rings. The molecule has 0 saturated carbocycles. The number of carbonyl (C=O) groups is 1. The Bertz CT molecular complexity index is 826. The molecule has 1 amide bonds. The van der Waals surface area contributed by atoms with Gasteiger partial charge in [-0.1, -0.05) is 48.9 Å². The van der Waals surface area contributed by atoms with Crippen molar-refractivity contribution < 1.29 is 9.53 Å². The molecule has 1 heterocycles. The zero-order valence-corrected chi connectivity index (χ0v) is 18.9. The van der Waals surface area contributed by atoms with Gasteiger partial charge in [0.15, 0.2) is 0 Å². The number of carbonyl (C=O) groups excluding carboxylic acids is 1. The van der Waals surface area contributed by atoms with Gasteiger partial charge in [0.25, 0.3) is 0 Å². The first-order valence-corrected chi connectivity index (χ1v) is 10.1. The first-order chi connectivity index (χ1) is 13.3. The minimum atomic E-state index is 0. The van der Waals surface area contributed by atoms with Crippen LogP contribution in [-0.4, -0.2) is 30.9 Å². The topological polar surface area (TPSA) is 41.6 Å². The van der Waals surface area contributed by atoms with Crippen molar-refractivity contribution in [2.45, 2.75) is 40.8 Å². The van der Waals surface area contributed by atoms with Gasteiger partial charge in [0.05, 0.1) is 0 Å². The number of amides is 1. The number of benzene rings is 2. The maximum Gasteiger partial charge on any atom is 0.225 e. The third-order valence-electron chi connectivity index (χ3n) is 5.69. The van der Waals surface area contributed by atoms with E-state index in [1.807, 2.05) is 18.9 Å². The Morgan fingerprint density at radius 3 is 2.34 bits per heavy atom. The molecule has 4 nitrogen and oxygen atoms in total. The molecule has 0 radical (unpaired) electrons. The highest BCUT2D eigenvalue weighted by atomic mass is 35.5. The van der Waals surface area contributed by atoms with E-state index in [1.54, 1.807) is 0 Å². The maximum atomic E-state index is 12.7. The Kier molecular flexibility index (Phi) is 8.12. The zero-order chi connectivity index (χ0) is 20.3. The van der Waals surface area contributed by atoms with Crippen LogP contribution in [0.15, 0.2) is 36.4 Å². The molecule has 158 valence electrons. The van der Waals surface area contributed by atoms with Crippen LogP contribution in [0, 0.1) is 32.6 Å². The molecule has 1 saturated heterocycles. The van der Waals surface area contributed by atoms with E-state index in [9.17, 15) is 4.79 Å². The second-order valence-corrected chi connectivity index (χ2v) is 8.24. The fourth-order valence-electron chi connectivity index (χ4n) is 3.88. The van der Waals surface area contributed by atoms with Crippen LogP contribution < -0.4 is 10.1 Å². The Labute approximate surface area is 181 Å². The molecule has 0 aliphatic carbocycles. The predicted molar refractivity (Wildman–Crippen MR) is 121 cm³/mol. The maximum absolute atomic E-state index is 12.7. The summed E-state index contributed by atoms with van der Waals surface area (Å²) in [5, 5.41) is 3.25. The van der Waals surface area contributed by atoms with Gasteiger partial charge in [-0.05, 0) is 62.0 Å². The van der Waals surface area contributed by atoms with Crippen molar-refractivity contribution in [3.8, 4) is 5.75 Å². The van der Waals surface area contributed by atoms with Crippen molar-refractivity contribution in [3.05, 3.63) is 64.2 Å². The minimum Gasteiger partial charge on any atom is -0.488 e. The van der Waals surface area contributed by atoms with Crippen LogP contribution in [0.2, 0.25) is 0 Å². The number of aryl methyl sites for hydroxylation is 3. The van der Waals surface area contributed by atoms with Gasteiger partial charge in [-0.3, -0.25) is 4.79 Å². The van der Waals surface area contributed by atoms with E-state index in [0.29, 0.717) is 19.1 Å². The molecule has 2 aromatic carbocycles. The Morgan fingerprint density at radius 2 is 1.79 bits per heavy atom. The smallest absolute Gasteiger partial charge is 0.225 e. The Morgan fingerprint density at radius 1 is 1.14 bits per heavy atom. The van der Waals surface area contributed by atoms with Gasteiger partial charge in [-0.2, -0.15) is 0 Å². The minimum absolute atomic E-state index is 0. The highest BCUT2D eigenvalue weighted by Crippen LogP contribution is 2.27. The van der Waals surface area contributed by atoms with Crippen LogP contribution in [0.1, 0.15) is 34.7 Å². The van der Waals surface area contributed by atoms with Crippen LogP contribution >= 0.6 is 12.4 Å². The molecule has 1 N–H and O–H groups in total. The molecule has 0 bridgehead atoms. The van der Waals surface area contributed by atoms with Crippen LogP contribution in [-0.2, 0) is 17.9 Å². The van der Waals surface area contributed by atoms with Crippen LogP contribution in [0.25, 0.3) is 0 Å². The molecule has 5 heteroatoms. The average molecular weight is 417 g/mol. The lowest BCUT2D eigenvalue weighted by Gasteiger charge is -2.34. The van der Waals surface area contributed by atoms with E-state index in [1.165, 1.54) is 11.1 Å². The Balaban J connectivity index is 0.00000300. The first-order valence-electron chi connectivity index (χ1n) is 10.1. The number of halogens is 1. The molecule has 3 rings (SSSR count). The third-order valence-corrected chi connectivity index (χ3v) is 5.69. The van der Waals surface area contributed by atoms with Crippen molar-refractivity contribution in [1.82, 2.24) is 10.2 Å². The van der Waals surface area contributed by atoms with Gasteiger partial charge in [-0.15, -0.1) is 12.4 Å².